The molecule has 7 nitrogen and oxygen atoms in total. The van der Waals surface area contributed by atoms with Crippen molar-refractivity contribution in [1.82, 2.24) is 0 Å². The van der Waals surface area contributed by atoms with E-state index in [0.29, 0.717) is 16.3 Å². The summed E-state index contributed by atoms with van der Waals surface area (Å²) in [5.41, 5.74) is 0.828. The van der Waals surface area contributed by atoms with Crippen LogP contribution in [0.3, 0.4) is 0 Å². The van der Waals surface area contributed by atoms with E-state index >= 15 is 0 Å². The highest BCUT2D eigenvalue weighted by Gasteiger charge is 2.21. The Morgan fingerprint density at radius 2 is 1.50 bits per heavy atom. The number of methoxy groups -OCH3 is 1. The van der Waals surface area contributed by atoms with Gasteiger partial charge in [-0.25, -0.2) is 16.8 Å². The van der Waals surface area contributed by atoms with Crippen molar-refractivity contribution in [3.8, 4) is 5.75 Å². The van der Waals surface area contributed by atoms with Crippen molar-refractivity contribution in [3.05, 3.63) is 77.3 Å². The van der Waals surface area contributed by atoms with Gasteiger partial charge in [0.2, 0.25) is 0 Å². The Kier molecular flexibility index (Phi) is 6.25. The molecule has 0 atom stereocenters. The van der Waals surface area contributed by atoms with E-state index < -0.39 is 20.0 Å². The summed E-state index contributed by atoms with van der Waals surface area (Å²) in [4.78, 5) is -0.0614. The number of rotatable bonds is 7. The number of hydrogen-bond acceptors (Lipinski definition) is 5. The van der Waals surface area contributed by atoms with Gasteiger partial charge in [0.25, 0.3) is 20.0 Å². The molecule has 10 heteroatoms. The molecule has 0 bridgehead atoms. The zero-order valence-electron chi connectivity index (χ0n) is 16.1. The summed E-state index contributed by atoms with van der Waals surface area (Å²) in [6, 6.07) is 16.5. The lowest BCUT2D eigenvalue weighted by atomic mass is 10.2. The van der Waals surface area contributed by atoms with Crippen LogP contribution in [0.25, 0.3) is 0 Å². The van der Waals surface area contributed by atoms with E-state index in [4.69, 9.17) is 16.3 Å². The van der Waals surface area contributed by atoms with Crippen molar-refractivity contribution in [3.63, 3.8) is 0 Å². The smallest absolute Gasteiger partial charge is 0.262 e. The normalized spacial score (nSPS) is 11.7. The Labute approximate surface area is 180 Å². The number of halogens is 1. The molecular formula is C20H19ClN2O5S2. The highest BCUT2D eigenvalue weighted by atomic mass is 35.5. The number of benzene rings is 3. The first-order valence-electron chi connectivity index (χ1n) is 8.67. The lowest BCUT2D eigenvalue weighted by Gasteiger charge is -2.15. The Morgan fingerprint density at radius 1 is 0.833 bits per heavy atom. The highest BCUT2D eigenvalue weighted by molar-refractivity contribution is 7.93. The molecule has 3 aromatic carbocycles. The summed E-state index contributed by atoms with van der Waals surface area (Å²) in [7, 11) is -6.49. The van der Waals surface area contributed by atoms with Crippen LogP contribution in [0.5, 0.6) is 5.75 Å². The number of hydrogen-bond donors (Lipinski definition) is 2. The third kappa shape index (κ3) is 4.86. The van der Waals surface area contributed by atoms with Crippen molar-refractivity contribution < 1.29 is 21.6 Å². The Bertz CT molecular complexity index is 1270. The van der Waals surface area contributed by atoms with Crippen LogP contribution in [0.2, 0.25) is 5.02 Å². The number of nitrogens with one attached hydrogen (secondary N) is 2. The maximum atomic E-state index is 13.0. The molecule has 0 aliphatic heterocycles. The second kappa shape index (κ2) is 8.55. The Balaban J connectivity index is 1.94. The van der Waals surface area contributed by atoms with Gasteiger partial charge in [0.15, 0.2) is 0 Å². The van der Waals surface area contributed by atoms with Crippen LogP contribution in [0, 0.1) is 6.92 Å². The zero-order chi connectivity index (χ0) is 21.9. The van der Waals surface area contributed by atoms with Crippen molar-refractivity contribution in [2.24, 2.45) is 0 Å². The van der Waals surface area contributed by atoms with Gasteiger partial charge in [-0.3, -0.25) is 9.44 Å². The van der Waals surface area contributed by atoms with Crippen LogP contribution in [-0.4, -0.2) is 23.9 Å². The van der Waals surface area contributed by atoms with Crippen LogP contribution in [0.4, 0.5) is 11.4 Å². The average Bonchev–Trinajstić information content (AvgIpc) is 2.69. The number of ether oxygens (including phenoxy) is 1. The molecule has 0 unspecified atom stereocenters. The van der Waals surface area contributed by atoms with E-state index in [-0.39, 0.29) is 21.2 Å². The highest BCUT2D eigenvalue weighted by Crippen LogP contribution is 2.29. The average molecular weight is 467 g/mol. The van der Waals surface area contributed by atoms with Crippen molar-refractivity contribution >= 4 is 43.0 Å². The Morgan fingerprint density at radius 3 is 2.17 bits per heavy atom. The van der Waals surface area contributed by atoms with Crippen LogP contribution >= 0.6 is 11.6 Å². The van der Waals surface area contributed by atoms with Gasteiger partial charge in [-0.1, -0.05) is 29.8 Å². The number of aryl methyl sites for hydroxylation is 1. The lowest BCUT2D eigenvalue weighted by Crippen LogP contribution is -2.17. The van der Waals surface area contributed by atoms with E-state index in [9.17, 15) is 16.8 Å². The summed E-state index contributed by atoms with van der Waals surface area (Å²) in [5, 5.41) is 0.403. The standard InChI is InChI=1S/C20H19ClN2O5S2/c1-14-7-10-16(22-29(24,25)17-11-8-15(21)9-12-17)13-20(14)30(26,27)23-18-5-3-4-6-19(18)28-2/h3-13,22-23H,1-2H3. The molecule has 0 saturated heterocycles. The fraction of sp³-hybridized carbons (Fsp3) is 0.100. The number of para-hydroxylation sites is 2. The minimum atomic E-state index is -4.01. The van der Waals surface area contributed by atoms with Crippen LogP contribution in [0.15, 0.2) is 76.5 Å². The van der Waals surface area contributed by atoms with E-state index in [1.165, 1.54) is 49.6 Å². The topological polar surface area (TPSA) is 102 Å². The number of anilines is 2. The predicted molar refractivity (Wildman–Crippen MR) is 117 cm³/mol. The molecule has 0 amide bonds. The second-order valence-electron chi connectivity index (χ2n) is 6.35. The van der Waals surface area contributed by atoms with Crippen LogP contribution in [0.1, 0.15) is 5.56 Å². The largest absolute Gasteiger partial charge is 0.495 e. The lowest BCUT2D eigenvalue weighted by molar-refractivity contribution is 0.417. The molecule has 0 radical (unpaired) electrons. The van der Waals surface area contributed by atoms with Gasteiger partial charge in [0.1, 0.15) is 5.75 Å². The van der Waals surface area contributed by atoms with Gasteiger partial charge >= 0.3 is 0 Å². The maximum Gasteiger partial charge on any atom is 0.262 e. The predicted octanol–water partition coefficient (Wildman–Crippen LogP) is 4.26. The van der Waals surface area contributed by atoms with Gasteiger partial charge in [0, 0.05) is 5.02 Å². The zero-order valence-corrected chi connectivity index (χ0v) is 18.5. The molecule has 0 saturated carbocycles. The fourth-order valence-electron chi connectivity index (χ4n) is 2.71. The van der Waals surface area contributed by atoms with Crippen molar-refractivity contribution in [2.75, 3.05) is 16.6 Å². The first-order valence-corrected chi connectivity index (χ1v) is 12.0. The SMILES string of the molecule is COc1ccccc1NS(=O)(=O)c1cc(NS(=O)(=O)c2ccc(Cl)cc2)ccc1C. The molecule has 158 valence electrons. The fourth-order valence-corrected chi connectivity index (χ4v) is 5.23. The first kappa shape index (κ1) is 21.9. The van der Waals surface area contributed by atoms with E-state index in [1.54, 1.807) is 31.2 Å². The minimum absolute atomic E-state index is 0.00373. The number of sulfonamides is 2. The molecule has 0 spiro atoms. The van der Waals surface area contributed by atoms with Crippen molar-refractivity contribution in [2.45, 2.75) is 16.7 Å². The molecule has 0 aromatic heterocycles. The molecule has 0 aliphatic carbocycles. The van der Waals surface area contributed by atoms with Gasteiger partial charge in [-0.2, -0.15) is 0 Å². The molecule has 0 heterocycles. The molecule has 30 heavy (non-hydrogen) atoms. The van der Waals surface area contributed by atoms with Gasteiger partial charge in [-0.15, -0.1) is 0 Å². The van der Waals surface area contributed by atoms with Crippen LogP contribution < -0.4 is 14.2 Å². The summed E-state index contributed by atoms with van der Waals surface area (Å²) >= 11 is 5.80. The molecule has 0 aliphatic rings. The minimum Gasteiger partial charge on any atom is -0.495 e. The van der Waals surface area contributed by atoms with E-state index in [0.717, 1.165) is 0 Å². The first-order chi connectivity index (χ1) is 14.1. The Hall–Kier alpha value is -2.75. The van der Waals surface area contributed by atoms with E-state index in [2.05, 4.69) is 9.44 Å². The monoisotopic (exact) mass is 466 g/mol. The maximum absolute atomic E-state index is 13.0. The van der Waals surface area contributed by atoms with Crippen LogP contribution in [-0.2, 0) is 20.0 Å². The quantitative estimate of drug-likeness (QED) is 0.541. The summed E-state index contributed by atoms with van der Waals surface area (Å²) in [6.07, 6.45) is 0. The molecule has 3 aromatic rings. The third-order valence-electron chi connectivity index (χ3n) is 4.21. The molecule has 0 fully saturated rings. The van der Waals surface area contributed by atoms with Gasteiger partial charge in [-0.05, 0) is 61.0 Å². The third-order valence-corrected chi connectivity index (χ3v) is 7.36. The summed E-state index contributed by atoms with van der Waals surface area (Å²) < 4.78 is 61.2. The summed E-state index contributed by atoms with van der Waals surface area (Å²) in [5.74, 6) is 0.360. The van der Waals surface area contributed by atoms with E-state index in [1.807, 2.05) is 0 Å². The molecule has 2 N–H and O–H groups in total. The van der Waals surface area contributed by atoms with Gasteiger partial charge < -0.3 is 4.74 Å². The van der Waals surface area contributed by atoms with Crippen molar-refractivity contribution in [1.29, 1.82) is 0 Å². The second-order valence-corrected chi connectivity index (χ2v) is 10.1. The van der Waals surface area contributed by atoms with Gasteiger partial charge in [0.05, 0.1) is 28.3 Å². The molecule has 3 rings (SSSR count). The molecular weight excluding hydrogens is 448 g/mol. The summed E-state index contributed by atoms with van der Waals surface area (Å²) in [6.45, 7) is 1.62.